The highest BCUT2D eigenvalue weighted by atomic mass is 16.5. The van der Waals surface area contributed by atoms with Crippen molar-refractivity contribution in [3.05, 3.63) is 11.3 Å². The number of nitrogens with zero attached hydrogens (tertiary/aromatic N) is 2. The van der Waals surface area contributed by atoms with Gasteiger partial charge in [0.1, 0.15) is 18.3 Å². The summed E-state index contributed by atoms with van der Waals surface area (Å²) in [5.74, 6) is -2.46. The van der Waals surface area contributed by atoms with Gasteiger partial charge in [-0.05, 0) is 6.42 Å². The van der Waals surface area contributed by atoms with E-state index in [4.69, 9.17) is 4.74 Å². The fourth-order valence-corrected chi connectivity index (χ4v) is 3.72. The molecule has 22 heavy (non-hydrogen) atoms. The minimum absolute atomic E-state index is 0.0945. The molecule has 0 aromatic carbocycles. The highest BCUT2D eigenvalue weighted by molar-refractivity contribution is 6.03. The molecule has 3 heterocycles. The van der Waals surface area contributed by atoms with Crippen LogP contribution in [0.15, 0.2) is 11.3 Å². The first-order valence-electron chi connectivity index (χ1n) is 7.04. The predicted molar refractivity (Wildman–Crippen MR) is 71.2 cm³/mol. The van der Waals surface area contributed by atoms with Gasteiger partial charge in [0, 0.05) is 31.9 Å². The molecule has 0 spiro atoms. The van der Waals surface area contributed by atoms with E-state index in [1.165, 1.54) is 23.6 Å². The number of hydrogen-bond donors (Lipinski definition) is 1. The zero-order valence-corrected chi connectivity index (χ0v) is 12.2. The molecular weight excluding hydrogens is 292 g/mol. The van der Waals surface area contributed by atoms with Gasteiger partial charge in [-0.25, -0.2) is 4.79 Å². The topological polar surface area (TPSA) is 104 Å². The SMILES string of the molecule is CC(=O)OCC1=C(C(=O)O)N2C(=O)[C@@H]3[C@H]2C1CCN3C(C)=O. The van der Waals surface area contributed by atoms with Crippen LogP contribution in [0.4, 0.5) is 0 Å². The van der Waals surface area contributed by atoms with E-state index in [9.17, 15) is 24.3 Å². The lowest BCUT2D eigenvalue weighted by atomic mass is 9.78. The number of carboxylic acids is 1. The second-order valence-electron chi connectivity index (χ2n) is 5.71. The number of likely N-dealkylation sites (tertiary alicyclic amines) is 1. The number of amides is 2. The van der Waals surface area contributed by atoms with E-state index in [-0.39, 0.29) is 36.1 Å². The summed E-state index contributed by atoms with van der Waals surface area (Å²) in [6.45, 7) is 2.92. The Bertz CT molecular complexity index is 625. The zero-order chi connectivity index (χ0) is 16.2. The number of ether oxygens (including phenoxy) is 1. The smallest absolute Gasteiger partial charge is 0.352 e. The maximum Gasteiger partial charge on any atom is 0.352 e. The van der Waals surface area contributed by atoms with Crippen LogP contribution in [0.5, 0.6) is 0 Å². The van der Waals surface area contributed by atoms with Gasteiger partial charge in [0.05, 0.1) is 6.04 Å². The summed E-state index contributed by atoms with van der Waals surface area (Å²) in [5.41, 5.74) is 0.370. The van der Waals surface area contributed by atoms with Gasteiger partial charge in [-0.1, -0.05) is 0 Å². The van der Waals surface area contributed by atoms with Gasteiger partial charge in [0.25, 0.3) is 5.91 Å². The van der Waals surface area contributed by atoms with E-state index < -0.39 is 18.0 Å². The van der Waals surface area contributed by atoms with E-state index >= 15 is 0 Å². The van der Waals surface area contributed by atoms with Crippen LogP contribution in [-0.4, -0.2) is 63.9 Å². The molecule has 2 saturated heterocycles. The van der Waals surface area contributed by atoms with Crippen LogP contribution in [0.1, 0.15) is 20.3 Å². The number of piperidine rings is 1. The third kappa shape index (κ3) is 1.83. The molecule has 118 valence electrons. The van der Waals surface area contributed by atoms with E-state index in [0.29, 0.717) is 18.5 Å². The van der Waals surface area contributed by atoms with Crippen LogP contribution in [-0.2, 0) is 23.9 Å². The number of carboxylic acid groups (broad SMARTS) is 1. The van der Waals surface area contributed by atoms with Crippen molar-refractivity contribution in [3.8, 4) is 0 Å². The fourth-order valence-electron chi connectivity index (χ4n) is 3.72. The maximum atomic E-state index is 12.3. The monoisotopic (exact) mass is 308 g/mol. The largest absolute Gasteiger partial charge is 0.477 e. The maximum absolute atomic E-state index is 12.3. The molecule has 2 amide bonds. The molecule has 3 aliphatic rings. The average Bonchev–Trinajstić information content (AvgIpc) is 2.76. The van der Waals surface area contributed by atoms with Crippen LogP contribution in [0, 0.1) is 5.92 Å². The first kappa shape index (κ1) is 14.6. The minimum atomic E-state index is -1.21. The highest BCUT2D eigenvalue weighted by Gasteiger charge is 2.63. The molecule has 0 aliphatic carbocycles. The van der Waals surface area contributed by atoms with Crippen LogP contribution in [0.25, 0.3) is 0 Å². The Morgan fingerprint density at radius 2 is 2.00 bits per heavy atom. The van der Waals surface area contributed by atoms with Gasteiger partial charge >= 0.3 is 11.9 Å². The number of carbonyl (C=O) groups excluding carboxylic acids is 3. The first-order valence-corrected chi connectivity index (χ1v) is 7.04. The van der Waals surface area contributed by atoms with Crippen LogP contribution in [0.3, 0.4) is 0 Å². The predicted octanol–water partition coefficient (Wildman–Crippen LogP) is -0.650. The van der Waals surface area contributed by atoms with Crippen molar-refractivity contribution in [2.45, 2.75) is 32.4 Å². The summed E-state index contributed by atoms with van der Waals surface area (Å²) in [4.78, 5) is 49.2. The lowest BCUT2D eigenvalue weighted by Gasteiger charge is -2.53. The molecule has 8 nitrogen and oxygen atoms in total. The van der Waals surface area contributed by atoms with Crippen molar-refractivity contribution in [1.29, 1.82) is 0 Å². The Morgan fingerprint density at radius 1 is 1.32 bits per heavy atom. The second-order valence-corrected chi connectivity index (χ2v) is 5.71. The van der Waals surface area contributed by atoms with Gasteiger partial charge in [0.2, 0.25) is 5.91 Å². The van der Waals surface area contributed by atoms with Gasteiger partial charge in [-0.2, -0.15) is 0 Å². The summed E-state index contributed by atoms with van der Waals surface area (Å²) in [5, 5.41) is 9.41. The summed E-state index contributed by atoms with van der Waals surface area (Å²) < 4.78 is 4.95. The average molecular weight is 308 g/mol. The fraction of sp³-hybridized carbons (Fsp3) is 0.571. The van der Waals surface area contributed by atoms with Crippen molar-refractivity contribution in [3.63, 3.8) is 0 Å². The summed E-state index contributed by atoms with van der Waals surface area (Å²) in [6, 6.07) is -0.942. The molecule has 3 atom stereocenters. The molecule has 3 rings (SSSR count). The third-order valence-electron chi connectivity index (χ3n) is 4.57. The molecule has 2 fully saturated rings. The van der Waals surface area contributed by atoms with E-state index in [1.807, 2.05) is 0 Å². The van der Waals surface area contributed by atoms with E-state index in [1.54, 1.807) is 0 Å². The summed E-state index contributed by atoms with van der Waals surface area (Å²) in [7, 11) is 0. The molecular formula is C14H16N2O6. The Morgan fingerprint density at radius 3 is 2.55 bits per heavy atom. The van der Waals surface area contributed by atoms with E-state index in [0.717, 1.165) is 0 Å². The molecule has 8 heteroatoms. The normalized spacial score (nSPS) is 29.2. The van der Waals surface area contributed by atoms with Gasteiger partial charge in [-0.15, -0.1) is 0 Å². The lowest BCUT2D eigenvalue weighted by molar-refractivity contribution is -0.168. The number of rotatable bonds is 3. The van der Waals surface area contributed by atoms with Crippen molar-refractivity contribution in [1.82, 2.24) is 9.80 Å². The van der Waals surface area contributed by atoms with E-state index in [2.05, 4.69) is 0 Å². The van der Waals surface area contributed by atoms with Crippen molar-refractivity contribution >= 4 is 23.8 Å². The quantitative estimate of drug-likeness (QED) is 0.549. The standard InChI is InChI=1S/C14H16N2O6/c1-6(17)15-4-3-8-9(5-22-7(2)18)11(14(20)21)16-10(8)12(15)13(16)19/h8,10,12H,3-5H2,1-2H3,(H,20,21)/t8?,10-,12+/m1/s1. The Hall–Kier alpha value is -2.38. The third-order valence-corrected chi connectivity index (χ3v) is 4.57. The number of esters is 1. The lowest BCUT2D eigenvalue weighted by Crippen LogP contribution is -2.73. The number of carbonyl (C=O) groups is 4. The molecule has 1 N–H and O–H groups in total. The molecule has 0 bridgehead atoms. The first-order chi connectivity index (χ1) is 10.3. The second kappa shape index (κ2) is 4.82. The Kier molecular flexibility index (Phi) is 3.19. The summed E-state index contributed by atoms with van der Waals surface area (Å²) >= 11 is 0. The Labute approximate surface area is 126 Å². The molecule has 1 unspecified atom stereocenters. The minimum Gasteiger partial charge on any atom is -0.477 e. The zero-order valence-electron chi connectivity index (χ0n) is 12.2. The van der Waals surface area contributed by atoms with Gasteiger partial charge in [-0.3, -0.25) is 19.3 Å². The number of aliphatic carboxylic acids is 1. The number of hydrogen-bond acceptors (Lipinski definition) is 5. The van der Waals surface area contributed by atoms with Crippen molar-refractivity contribution in [2.24, 2.45) is 5.92 Å². The van der Waals surface area contributed by atoms with Gasteiger partial charge < -0.3 is 14.7 Å². The van der Waals surface area contributed by atoms with Crippen molar-refractivity contribution in [2.75, 3.05) is 13.2 Å². The molecule has 3 aliphatic heterocycles. The van der Waals surface area contributed by atoms with Crippen molar-refractivity contribution < 1.29 is 29.0 Å². The molecule has 0 saturated carbocycles. The molecule has 0 aromatic heterocycles. The Balaban J connectivity index is 1.95. The van der Waals surface area contributed by atoms with Crippen LogP contribution in [0.2, 0.25) is 0 Å². The number of β-lactam (4-membered cyclic amide) rings is 1. The van der Waals surface area contributed by atoms with Gasteiger partial charge in [0.15, 0.2) is 0 Å². The summed E-state index contributed by atoms with van der Waals surface area (Å²) in [6.07, 6.45) is 0.553. The van der Waals surface area contributed by atoms with Crippen LogP contribution >= 0.6 is 0 Å². The highest BCUT2D eigenvalue weighted by Crippen LogP contribution is 2.48. The molecule has 0 aromatic rings. The molecule has 0 radical (unpaired) electrons. The van der Waals surface area contributed by atoms with Crippen LogP contribution < -0.4 is 0 Å².